The van der Waals surface area contributed by atoms with Crippen LogP contribution in [-0.2, 0) is 4.74 Å². The van der Waals surface area contributed by atoms with E-state index in [4.69, 9.17) is 9.47 Å². The zero-order valence-corrected chi connectivity index (χ0v) is 14.1. The summed E-state index contributed by atoms with van der Waals surface area (Å²) in [6.45, 7) is 6.13. The minimum Gasteiger partial charge on any atom is -0.493 e. The Labute approximate surface area is 141 Å². The van der Waals surface area contributed by atoms with Crippen molar-refractivity contribution in [1.82, 2.24) is 10.2 Å². The Hall–Kier alpha value is -2.34. The van der Waals surface area contributed by atoms with Crippen LogP contribution < -0.4 is 10.1 Å². The maximum absolute atomic E-state index is 12.3. The fourth-order valence-electron chi connectivity index (χ4n) is 2.73. The molecule has 2 heterocycles. The van der Waals surface area contributed by atoms with Crippen LogP contribution >= 0.6 is 0 Å². The van der Waals surface area contributed by atoms with Gasteiger partial charge in [0.2, 0.25) is 0 Å². The zero-order valence-electron chi connectivity index (χ0n) is 14.1. The van der Waals surface area contributed by atoms with Gasteiger partial charge in [-0.05, 0) is 44.2 Å². The monoisotopic (exact) mass is 329 g/mol. The molecule has 0 radical (unpaired) electrons. The average molecular weight is 329 g/mol. The number of rotatable bonds is 5. The molecule has 1 saturated heterocycles. The van der Waals surface area contributed by atoms with Crippen molar-refractivity contribution in [3.63, 3.8) is 0 Å². The third kappa shape index (κ3) is 3.94. The molecular formula is C18H23N3O3. The average Bonchev–Trinajstić information content (AvgIpc) is 3.02. The summed E-state index contributed by atoms with van der Waals surface area (Å²) in [5, 5.41) is 9.54. The second-order valence-corrected chi connectivity index (χ2v) is 6.21. The molecule has 1 aromatic carbocycles. The summed E-state index contributed by atoms with van der Waals surface area (Å²) in [4.78, 5) is 12.3. The number of carbonyl (C=O) groups is 1. The number of nitrogens with one attached hydrogen (secondary N) is 2. The van der Waals surface area contributed by atoms with Crippen LogP contribution in [0.25, 0.3) is 0 Å². The molecule has 1 amide bonds. The number of amides is 1. The van der Waals surface area contributed by atoms with Gasteiger partial charge >= 0.3 is 0 Å². The van der Waals surface area contributed by atoms with Crippen LogP contribution in [0.4, 0.5) is 5.69 Å². The third-order valence-corrected chi connectivity index (χ3v) is 4.34. The van der Waals surface area contributed by atoms with E-state index in [-0.39, 0.29) is 5.91 Å². The lowest BCUT2D eigenvalue weighted by atomic mass is 10.0. The van der Waals surface area contributed by atoms with Gasteiger partial charge in [0.05, 0.1) is 18.4 Å². The van der Waals surface area contributed by atoms with Crippen molar-refractivity contribution in [3.05, 3.63) is 41.2 Å². The van der Waals surface area contributed by atoms with Crippen LogP contribution in [-0.4, -0.2) is 35.9 Å². The van der Waals surface area contributed by atoms with E-state index in [1.54, 1.807) is 0 Å². The molecule has 0 saturated carbocycles. The topological polar surface area (TPSA) is 76.2 Å². The lowest BCUT2D eigenvalue weighted by molar-refractivity contribution is 0.0496. The van der Waals surface area contributed by atoms with Crippen molar-refractivity contribution >= 4 is 11.6 Å². The van der Waals surface area contributed by atoms with Gasteiger partial charge in [-0.2, -0.15) is 5.10 Å². The number of ether oxygens (including phenoxy) is 2. The molecule has 2 N–H and O–H groups in total. The first-order valence-electron chi connectivity index (χ1n) is 8.26. The van der Waals surface area contributed by atoms with Gasteiger partial charge < -0.3 is 14.8 Å². The first kappa shape index (κ1) is 16.5. The molecule has 2 aromatic rings. The molecule has 0 unspecified atom stereocenters. The van der Waals surface area contributed by atoms with E-state index in [0.717, 1.165) is 43.1 Å². The lowest BCUT2D eigenvalue weighted by Gasteiger charge is -2.22. The number of H-pyrrole nitrogens is 1. The SMILES string of the molecule is Cc1ccc(NC(=O)c2cn[nH]c2C)cc1OCC1CCOCC1. The molecule has 0 atom stereocenters. The van der Waals surface area contributed by atoms with E-state index in [0.29, 0.717) is 23.8 Å². The van der Waals surface area contributed by atoms with E-state index in [1.807, 2.05) is 32.0 Å². The van der Waals surface area contributed by atoms with Gasteiger partial charge in [0.25, 0.3) is 5.91 Å². The van der Waals surface area contributed by atoms with E-state index in [1.165, 1.54) is 6.20 Å². The minimum absolute atomic E-state index is 0.180. The van der Waals surface area contributed by atoms with Gasteiger partial charge in [0.15, 0.2) is 0 Å². The molecule has 1 aliphatic rings. The van der Waals surface area contributed by atoms with E-state index in [9.17, 15) is 4.79 Å². The van der Waals surface area contributed by atoms with E-state index < -0.39 is 0 Å². The summed E-state index contributed by atoms with van der Waals surface area (Å²) in [6.07, 6.45) is 3.60. The molecule has 3 rings (SSSR count). The van der Waals surface area contributed by atoms with Crippen LogP contribution in [0.2, 0.25) is 0 Å². The van der Waals surface area contributed by atoms with Crippen molar-refractivity contribution in [2.75, 3.05) is 25.1 Å². The van der Waals surface area contributed by atoms with Crippen LogP contribution in [0.15, 0.2) is 24.4 Å². The van der Waals surface area contributed by atoms with Gasteiger partial charge in [-0.3, -0.25) is 9.89 Å². The number of nitrogens with zero attached hydrogens (tertiary/aromatic N) is 1. The number of benzene rings is 1. The number of carbonyl (C=O) groups excluding carboxylic acids is 1. The Balaban J connectivity index is 1.64. The van der Waals surface area contributed by atoms with Gasteiger partial charge in [-0.25, -0.2) is 0 Å². The Kier molecular flexibility index (Phi) is 5.15. The van der Waals surface area contributed by atoms with E-state index in [2.05, 4.69) is 15.5 Å². The fraction of sp³-hybridized carbons (Fsp3) is 0.444. The highest BCUT2D eigenvalue weighted by atomic mass is 16.5. The number of anilines is 1. The van der Waals surface area contributed by atoms with Crippen LogP contribution in [0.3, 0.4) is 0 Å². The first-order valence-corrected chi connectivity index (χ1v) is 8.26. The number of aromatic amines is 1. The van der Waals surface area contributed by atoms with Crippen molar-refractivity contribution < 1.29 is 14.3 Å². The Bertz CT molecular complexity index is 705. The van der Waals surface area contributed by atoms with E-state index >= 15 is 0 Å². The maximum Gasteiger partial charge on any atom is 0.259 e. The molecule has 6 heteroatoms. The Morgan fingerprint density at radius 1 is 1.38 bits per heavy atom. The number of aromatic nitrogens is 2. The van der Waals surface area contributed by atoms with Gasteiger partial charge in [0.1, 0.15) is 5.75 Å². The summed E-state index contributed by atoms with van der Waals surface area (Å²) in [6, 6.07) is 5.71. The van der Waals surface area contributed by atoms with Crippen LogP contribution in [0.5, 0.6) is 5.75 Å². The van der Waals surface area contributed by atoms with Crippen LogP contribution in [0, 0.1) is 19.8 Å². The van der Waals surface area contributed by atoms with Crippen molar-refractivity contribution in [3.8, 4) is 5.75 Å². The first-order chi connectivity index (χ1) is 11.6. The van der Waals surface area contributed by atoms with Gasteiger partial charge in [-0.15, -0.1) is 0 Å². The quantitative estimate of drug-likeness (QED) is 0.884. The van der Waals surface area contributed by atoms with Crippen LogP contribution in [0.1, 0.15) is 34.5 Å². The Morgan fingerprint density at radius 3 is 2.88 bits per heavy atom. The van der Waals surface area contributed by atoms with Crippen molar-refractivity contribution in [2.45, 2.75) is 26.7 Å². The molecule has 6 nitrogen and oxygen atoms in total. The predicted molar refractivity (Wildman–Crippen MR) is 91.5 cm³/mol. The Morgan fingerprint density at radius 2 is 2.17 bits per heavy atom. The second kappa shape index (κ2) is 7.49. The highest BCUT2D eigenvalue weighted by Gasteiger charge is 2.16. The highest BCUT2D eigenvalue weighted by Crippen LogP contribution is 2.25. The largest absolute Gasteiger partial charge is 0.493 e. The molecule has 1 fully saturated rings. The third-order valence-electron chi connectivity index (χ3n) is 4.34. The lowest BCUT2D eigenvalue weighted by Crippen LogP contribution is -2.21. The standard InChI is InChI=1S/C18H23N3O3/c1-12-3-4-15(20-18(22)16-10-19-21-13(16)2)9-17(12)24-11-14-5-7-23-8-6-14/h3-4,9-10,14H,5-8,11H2,1-2H3,(H,19,21)(H,20,22). The molecule has 24 heavy (non-hydrogen) atoms. The van der Waals surface area contributed by atoms with Crippen molar-refractivity contribution in [1.29, 1.82) is 0 Å². The molecule has 0 spiro atoms. The molecule has 1 aromatic heterocycles. The maximum atomic E-state index is 12.3. The molecule has 128 valence electrons. The van der Waals surface area contributed by atoms with Gasteiger partial charge in [0, 0.05) is 30.7 Å². The number of aryl methyl sites for hydroxylation is 2. The minimum atomic E-state index is -0.180. The molecular weight excluding hydrogens is 306 g/mol. The van der Waals surface area contributed by atoms with Gasteiger partial charge in [-0.1, -0.05) is 6.07 Å². The zero-order chi connectivity index (χ0) is 16.9. The predicted octanol–water partition coefficient (Wildman–Crippen LogP) is 3.08. The molecule has 0 aliphatic carbocycles. The summed E-state index contributed by atoms with van der Waals surface area (Å²) in [5.74, 6) is 1.16. The van der Waals surface area contributed by atoms with Crippen molar-refractivity contribution in [2.24, 2.45) is 5.92 Å². The highest BCUT2D eigenvalue weighted by molar-refractivity contribution is 6.04. The smallest absolute Gasteiger partial charge is 0.259 e. The summed E-state index contributed by atoms with van der Waals surface area (Å²) in [7, 11) is 0. The summed E-state index contributed by atoms with van der Waals surface area (Å²) < 4.78 is 11.4. The normalized spacial score (nSPS) is 15.2. The number of hydrogen-bond donors (Lipinski definition) is 2. The summed E-state index contributed by atoms with van der Waals surface area (Å²) >= 11 is 0. The molecule has 0 bridgehead atoms. The second-order valence-electron chi connectivity index (χ2n) is 6.21. The summed E-state index contributed by atoms with van der Waals surface area (Å²) in [5.41, 5.74) is 3.06. The molecule has 1 aliphatic heterocycles. The fourth-order valence-corrected chi connectivity index (χ4v) is 2.73. The number of hydrogen-bond acceptors (Lipinski definition) is 4.